The summed E-state index contributed by atoms with van der Waals surface area (Å²) in [6, 6.07) is 8.13. The number of anilines is 1. The number of benzene rings is 1. The Morgan fingerprint density at radius 1 is 1.37 bits per heavy atom. The van der Waals surface area contributed by atoms with Crippen LogP contribution in [0, 0.1) is 11.3 Å². The molecule has 0 aliphatic heterocycles. The second-order valence-corrected chi connectivity index (χ2v) is 5.18. The number of rotatable bonds is 7. The minimum Gasteiger partial charge on any atom is -0.383 e. The maximum absolute atomic E-state index is 9.27. The van der Waals surface area contributed by atoms with Crippen molar-refractivity contribution in [3.05, 3.63) is 28.2 Å². The highest BCUT2D eigenvalue weighted by Gasteiger charge is 2.17. The highest BCUT2D eigenvalue weighted by atomic mass is 79.9. The van der Waals surface area contributed by atoms with Gasteiger partial charge in [-0.25, -0.2) is 0 Å². The van der Waals surface area contributed by atoms with E-state index in [0.717, 1.165) is 16.7 Å². The molecule has 0 radical (unpaired) electrons. The largest absolute Gasteiger partial charge is 0.383 e. The number of methoxy groups -OCH3 is 2. The van der Waals surface area contributed by atoms with Gasteiger partial charge < -0.3 is 14.4 Å². The Kier molecular flexibility index (Phi) is 6.85. The van der Waals surface area contributed by atoms with Gasteiger partial charge in [-0.05, 0) is 25.1 Å². The fourth-order valence-electron chi connectivity index (χ4n) is 1.95. The van der Waals surface area contributed by atoms with Crippen molar-refractivity contribution < 1.29 is 9.47 Å². The number of nitriles is 1. The van der Waals surface area contributed by atoms with Crippen LogP contribution in [-0.4, -0.2) is 40.0 Å². The molecule has 104 valence electrons. The second kappa shape index (κ2) is 8.16. The minimum absolute atomic E-state index is 0.174. The molecule has 0 aliphatic carbocycles. The lowest BCUT2D eigenvalue weighted by Crippen LogP contribution is -2.39. The van der Waals surface area contributed by atoms with Crippen LogP contribution < -0.4 is 4.90 Å². The van der Waals surface area contributed by atoms with Crippen molar-refractivity contribution in [1.29, 1.82) is 5.26 Å². The Labute approximate surface area is 123 Å². The molecule has 0 saturated carbocycles. The van der Waals surface area contributed by atoms with Crippen LogP contribution in [0.4, 0.5) is 5.69 Å². The first kappa shape index (κ1) is 16.0. The molecule has 19 heavy (non-hydrogen) atoms. The Morgan fingerprint density at radius 3 is 2.68 bits per heavy atom. The van der Waals surface area contributed by atoms with Crippen LogP contribution in [0.15, 0.2) is 22.7 Å². The van der Waals surface area contributed by atoms with E-state index in [9.17, 15) is 5.26 Å². The van der Waals surface area contributed by atoms with E-state index < -0.39 is 0 Å². The summed E-state index contributed by atoms with van der Waals surface area (Å²) in [6.45, 7) is 4.00. The van der Waals surface area contributed by atoms with Crippen LogP contribution in [0.25, 0.3) is 0 Å². The molecule has 0 aliphatic rings. The molecule has 0 heterocycles. The molecule has 0 bridgehead atoms. The highest BCUT2D eigenvalue weighted by molar-refractivity contribution is 9.10. The van der Waals surface area contributed by atoms with Gasteiger partial charge in [0.15, 0.2) is 0 Å². The van der Waals surface area contributed by atoms with Crippen molar-refractivity contribution in [3.63, 3.8) is 0 Å². The first-order chi connectivity index (χ1) is 9.13. The van der Waals surface area contributed by atoms with Crippen molar-refractivity contribution in [2.75, 3.05) is 38.9 Å². The van der Waals surface area contributed by atoms with Crippen molar-refractivity contribution in [1.82, 2.24) is 0 Å². The maximum Gasteiger partial charge on any atom is 0.101 e. The molecule has 1 atom stereocenters. The SMILES string of the molecule is COCCN(c1ccc(Br)cc1C#N)C(C)COC. The summed E-state index contributed by atoms with van der Waals surface area (Å²) in [5.41, 5.74) is 1.56. The number of ether oxygens (including phenoxy) is 2. The summed E-state index contributed by atoms with van der Waals surface area (Å²) in [4.78, 5) is 2.14. The van der Waals surface area contributed by atoms with E-state index in [1.54, 1.807) is 14.2 Å². The van der Waals surface area contributed by atoms with Crippen molar-refractivity contribution in [3.8, 4) is 6.07 Å². The van der Waals surface area contributed by atoms with E-state index >= 15 is 0 Å². The van der Waals surface area contributed by atoms with Gasteiger partial charge in [0, 0.05) is 31.3 Å². The van der Waals surface area contributed by atoms with Crippen molar-refractivity contribution in [2.45, 2.75) is 13.0 Å². The molecule has 1 aromatic carbocycles. The van der Waals surface area contributed by atoms with Crippen molar-refractivity contribution in [2.24, 2.45) is 0 Å². The smallest absolute Gasteiger partial charge is 0.101 e. The molecular formula is C14H19BrN2O2. The maximum atomic E-state index is 9.27. The van der Waals surface area contributed by atoms with Gasteiger partial charge in [0.2, 0.25) is 0 Å². The van der Waals surface area contributed by atoms with Crippen LogP contribution in [0.2, 0.25) is 0 Å². The third kappa shape index (κ3) is 4.50. The van der Waals surface area contributed by atoms with Crippen LogP contribution in [0.3, 0.4) is 0 Å². The summed E-state index contributed by atoms with van der Waals surface area (Å²) in [7, 11) is 3.35. The van der Waals surface area contributed by atoms with E-state index in [2.05, 4.69) is 33.8 Å². The van der Waals surface area contributed by atoms with Gasteiger partial charge in [-0.2, -0.15) is 5.26 Å². The number of halogens is 1. The summed E-state index contributed by atoms with van der Waals surface area (Å²) >= 11 is 3.39. The topological polar surface area (TPSA) is 45.5 Å². The highest BCUT2D eigenvalue weighted by Crippen LogP contribution is 2.25. The summed E-state index contributed by atoms with van der Waals surface area (Å²) in [5, 5.41) is 9.27. The standard InChI is InChI=1S/C14H19BrN2O2/c1-11(10-19-3)17(6-7-18-2)14-5-4-13(15)8-12(14)9-16/h4-5,8,11H,6-7,10H2,1-3H3. The normalized spacial score (nSPS) is 11.9. The van der Waals surface area contributed by atoms with E-state index in [0.29, 0.717) is 18.8 Å². The molecule has 0 N–H and O–H groups in total. The lowest BCUT2D eigenvalue weighted by molar-refractivity contribution is 0.171. The first-order valence-corrected chi connectivity index (χ1v) is 6.87. The Bertz CT molecular complexity index is 446. The van der Waals surface area contributed by atoms with Crippen LogP contribution >= 0.6 is 15.9 Å². The zero-order chi connectivity index (χ0) is 14.3. The van der Waals surface area contributed by atoms with Gasteiger partial charge in [0.25, 0.3) is 0 Å². The van der Waals surface area contributed by atoms with Crippen LogP contribution in [0.5, 0.6) is 0 Å². The fourth-order valence-corrected chi connectivity index (χ4v) is 2.31. The van der Waals surface area contributed by atoms with E-state index in [1.165, 1.54) is 0 Å². The van der Waals surface area contributed by atoms with Crippen LogP contribution in [-0.2, 0) is 9.47 Å². The second-order valence-electron chi connectivity index (χ2n) is 4.26. The third-order valence-corrected chi connectivity index (χ3v) is 3.36. The zero-order valence-corrected chi connectivity index (χ0v) is 13.1. The summed E-state index contributed by atoms with van der Waals surface area (Å²) in [6.07, 6.45) is 0. The lowest BCUT2D eigenvalue weighted by atomic mass is 10.1. The molecule has 1 rings (SSSR count). The molecule has 0 saturated heterocycles. The van der Waals surface area contributed by atoms with Crippen LogP contribution in [0.1, 0.15) is 12.5 Å². The molecule has 5 heteroatoms. The Morgan fingerprint density at radius 2 is 2.11 bits per heavy atom. The van der Waals surface area contributed by atoms with Gasteiger partial charge in [-0.3, -0.25) is 0 Å². The van der Waals surface area contributed by atoms with Gasteiger partial charge in [0.1, 0.15) is 6.07 Å². The molecule has 0 fully saturated rings. The average molecular weight is 327 g/mol. The molecule has 0 aromatic heterocycles. The molecular weight excluding hydrogens is 308 g/mol. The monoisotopic (exact) mass is 326 g/mol. The molecule has 1 aromatic rings. The van der Waals surface area contributed by atoms with Gasteiger partial charge >= 0.3 is 0 Å². The van der Waals surface area contributed by atoms with E-state index in [1.807, 2.05) is 18.2 Å². The first-order valence-electron chi connectivity index (χ1n) is 6.08. The fraction of sp³-hybridized carbons (Fsp3) is 0.500. The van der Waals surface area contributed by atoms with Gasteiger partial charge in [-0.15, -0.1) is 0 Å². The van der Waals surface area contributed by atoms with Gasteiger partial charge in [-0.1, -0.05) is 15.9 Å². The predicted molar refractivity (Wildman–Crippen MR) is 79.4 cm³/mol. The quantitative estimate of drug-likeness (QED) is 0.773. The summed E-state index contributed by atoms with van der Waals surface area (Å²) in [5.74, 6) is 0. The lowest BCUT2D eigenvalue weighted by Gasteiger charge is -2.31. The third-order valence-electron chi connectivity index (χ3n) is 2.86. The predicted octanol–water partition coefficient (Wildman–Crippen LogP) is 2.81. The van der Waals surface area contributed by atoms with Crippen molar-refractivity contribution >= 4 is 21.6 Å². The van der Waals surface area contributed by atoms with Gasteiger partial charge in [0.05, 0.1) is 24.5 Å². The molecule has 0 amide bonds. The zero-order valence-electron chi connectivity index (χ0n) is 11.5. The number of hydrogen-bond donors (Lipinski definition) is 0. The molecule has 1 unspecified atom stereocenters. The number of hydrogen-bond acceptors (Lipinski definition) is 4. The van der Waals surface area contributed by atoms with E-state index in [-0.39, 0.29) is 6.04 Å². The molecule has 0 spiro atoms. The van der Waals surface area contributed by atoms with E-state index in [4.69, 9.17) is 9.47 Å². The molecule has 4 nitrogen and oxygen atoms in total. The average Bonchev–Trinajstić information content (AvgIpc) is 2.40. The Hall–Kier alpha value is -1.09. The minimum atomic E-state index is 0.174. The number of nitrogens with zero attached hydrogens (tertiary/aromatic N) is 2. The Balaban J connectivity index is 3.06. The summed E-state index contributed by atoms with van der Waals surface area (Å²) < 4.78 is 11.3.